The third kappa shape index (κ3) is 11.7. The lowest BCUT2D eigenvalue weighted by molar-refractivity contribution is -0.144. The van der Waals surface area contributed by atoms with Crippen LogP contribution in [-0.2, 0) is 20.7 Å². The molecular weight excluding hydrogens is 544 g/mol. The number of benzene rings is 3. The van der Waals surface area contributed by atoms with E-state index >= 15 is 0 Å². The zero-order valence-corrected chi connectivity index (χ0v) is 23.6. The summed E-state index contributed by atoms with van der Waals surface area (Å²) in [5, 5.41) is 16.0. The standard InChI is InChI=1S/C28H32F2N2O.C4H7NO4/c29-26-12-8-24(9-13-26)28(25-10-14-27(30)15-11-25)33-22-21-32-19-17-31(18-20-32)16-4-7-23-5-2-1-3-6-23;5-2(4(8)9)1-3(6)7/h1-3,5-6,8-15,28H,4,7,16-22H2;2H,1,5H2,(H,6,7)(H,8,9). The van der Waals surface area contributed by atoms with E-state index in [1.807, 2.05) is 0 Å². The Hall–Kier alpha value is -3.70. The van der Waals surface area contributed by atoms with Crippen LogP contribution in [0.3, 0.4) is 0 Å². The SMILES string of the molecule is Fc1ccc(C(OCCN2CCN(CCCc3ccccc3)CC2)c2ccc(F)cc2)cc1.NC(CC(=O)O)C(=O)O. The van der Waals surface area contributed by atoms with Crippen molar-refractivity contribution in [3.05, 3.63) is 107 Å². The average Bonchev–Trinajstić information content (AvgIpc) is 2.98. The fraction of sp³-hybridized carbons (Fsp3) is 0.375. The first-order valence-electron chi connectivity index (χ1n) is 14.0. The van der Waals surface area contributed by atoms with Crippen molar-refractivity contribution < 1.29 is 33.3 Å². The molecule has 0 saturated carbocycles. The molecule has 0 bridgehead atoms. The fourth-order valence-corrected chi connectivity index (χ4v) is 4.62. The minimum absolute atomic E-state index is 0.279. The summed E-state index contributed by atoms with van der Waals surface area (Å²) >= 11 is 0. The first-order valence-corrected chi connectivity index (χ1v) is 14.0. The zero-order valence-electron chi connectivity index (χ0n) is 23.6. The average molecular weight is 584 g/mol. The summed E-state index contributed by atoms with van der Waals surface area (Å²) in [6.07, 6.45) is 1.44. The number of halogens is 2. The third-order valence-electron chi connectivity index (χ3n) is 7.00. The van der Waals surface area contributed by atoms with Crippen molar-refractivity contribution in [2.75, 3.05) is 45.9 Å². The van der Waals surface area contributed by atoms with E-state index in [0.717, 1.165) is 56.8 Å². The smallest absolute Gasteiger partial charge is 0.321 e. The Morgan fingerprint density at radius 2 is 1.29 bits per heavy atom. The molecule has 1 aliphatic rings. The van der Waals surface area contributed by atoms with E-state index in [2.05, 4.69) is 40.1 Å². The molecule has 3 aromatic rings. The summed E-state index contributed by atoms with van der Waals surface area (Å²) in [6.45, 7) is 6.77. The van der Waals surface area contributed by atoms with E-state index in [1.165, 1.54) is 36.2 Å². The molecule has 1 heterocycles. The summed E-state index contributed by atoms with van der Waals surface area (Å²) in [5.41, 5.74) is 7.98. The largest absolute Gasteiger partial charge is 0.481 e. The van der Waals surface area contributed by atoms with E-state index in [-0.39, 0.29) is 17.7 Å². The van der Waals surface area contributed by atoms with Gasteiger partial charge in [-0.3, -0.25) is 14.5 Å². The van der Waals surface area contributed by atoms with Crippen molar-refractivity contribution in [1.82, 2.24) is 9.80 Å². The molecule has 4 rings (SSSR count). The molecule has 8 nitrogen and oxygen atoms in total. The molecule has 0 spiro atoms. The van der Waals surface area contributed by atoms with Crippen molar-refractivity contribution in [3.63, 3.8) is 0 Å². The first-order chi connectivity index (χ1) is 20.2. The zero-order chi connectivity index (χ0) is 30.3. The summed E-state index contributed by atoms with van der Waals surface area (Å²) in [6, 6.07) is 22.1. The van der Waals surface area contributed by atoms with Gasteiger partial charge in [0.25, 0.3) is 0 Å². The molecule has 1 fully saturated rings. The quantitative estimate of drug-likeness (QED) is 0.274. The fourth-order valence-electron chi connectivity index (χ4n) is 4.62. The number of carboxylic acid groups (broad SMARTS) is 2. The number of nitrogens with zero attached hydrogens (tertiary/aromatic N) is 2. The molecule has 226 valence electrons. The third-order valence-corrected chi connectivity index (χ3v) is 7.00. The molecule has 3 aromatic carbocycles. The van der Waals surface area contributed by atoms with Gasteiger partial charge in [0.1, 0.15) is 23.8 Å². The van der Waals surface area contributed by atoms with E-state index in [1.54, 1.807) is 24.3 Å². The Morgan fingerprint density at radius 3 is 1.74 bits per heavy atom. The van der Waals surface area contributed by atoms with Crippen LogP contribution in [-0.4, -0.2) is 83.9 Å². The molecule has 1 atom stereocenters. The normalized spacial score (nSPS) is 14.7. The van der Waals surface area contributed by atoms with Crippen LogP contribution < -0.4 is 5.73 Å². The minimum Gasteiger partial charge on any atom is -0.481 e. The number of rotatable bonds is 13. The topological polar surface area (TPSA) is 116 Å². The lowest BCUT2D eigenvalue weighted by Gasteiger charge is -2.35. The lowest BCUT2D eigenvalue weighted by atomic mass is 10.0. The summed E-state index contributed by atoms with van der Waals surface area (Å²) in [5.74, 6) is -3.06. The second-order valence-corrected chi connectivity index (χ2v) is 10.2. The van der Waals surface area contributed by atoms with Gasteiger partial charge >= 0.3 is 11.9 Å². The van der Waals surface area contributed by atoms with Crippen LogP contribution in [0.4, 0.5) is 8.78 Å². The van der Waals surface area contributed by atoms with Crippen LogP contribution in [0.5, 0.6) is 0 Å². The highest BCUT2D eigenvalue weighted by atomic mass is 19.1. The van der Waals surface area contributed by atoms with Crippen LogP contribution in [0.1, 0.15) is 35.6 Å². The van der Waals surface area contributed by atoms with Crippen molar-refractivity contribution in [2.24, 2.45) is 5.73 Å². The second-order valence-electron chi connectivity index (χ2n) is 10.2. The van der Waals surface area contributed by atoms with Crippen LogP contribution in [0.25, 0.3) is 0 Å². The van der Waals surface area contributed by atoms with Crippen molar-refractivity contribution in [2.45, 2.75) is 31.4 Å². The van der Waals surface area contributed by atoms with E-state index in [0.29, 0.717) is 6.61 Å². The number of hydrogen-bond acceptors (Lipinski definition) is 6. The number of piperazine rings is 1. The van der Waals surface area contributed by atoms with Crippen molar-refractivity contribution in [3.8, 4) is 0 Å². The number of nitrogens with two attached hydrogens (primary N) is 1. The number of ether oxygens (including phenoxy) is 1. The maximum Gasteiger partial charge on any atom is 0.321 e. The Morgan fingerprint density at radius 1 is 0.786 bits per heavy atom. The van der Waals surface area contributed by atoms with E-state index < -0.39 is 24.4 Å². The monoisotopic (exact) mass is 583 g/mol. The summed E-state index contributed by atoms with van der Waals surface area (Å²) in [4.78, 5) is 24.6. The molecular formula is C32H39F2N3O5. The Labute approximate surface area is 245 Å². The molecule has 1 saturated heterocycles. The molecule has 1 unspecified atom stereocenters. The highest BCUT2D eigenvalue weighted by molar-refractivity contribution is 5.80. The van der Waals surface area contributed by atoms with Gasteiger partial charge in [0.2, 0.25) is 0 Å². The molecule has 0 aromatic heterocycles. The first kappa shape index (κ1) is 32.8. The molecule has 0 radical (unpaired) electrons. The Kier molecular flexibility index (Phi) is 13.5. The van der Waals surface area contributed by atoms with Crippen LogP contribution in [0, 0.1) is 11.6 Å². The van der Waals surface area contributed by atoms with Crippen molar-refractivity contribution >= 4 is 11.9 Å². The molecule has 4 N–H and O–H groups in total. The predicted molar refractivity (Wildman–Crippen MR) is 156 cm³/mol. The van der Waals surface area contributed by atoms with Crippen LogP contribution >= 0.6 is 0 Å². The summed E-state index contributed by atoms with van der Waals surface area (Å²) in [7, 11) is 0. The number of carbonyl (C=O) groups is 2. The van der Waals surface area contributed by atoms with Gasteiger partial charge in [0.05, 0.1) is 13.0 Å². The van der Waals surface area contributed by atoms with E-state index in [9.17, 15) is 18.4 Å². The Balaban J connectivity index is 0.000000467. The predicted octanol–water partition coefficient (Wildman–Crippen LogP) is 4.19. The number of carboxylic acids is 2. The second kappa shape index (κ2) is 17.3. The van der Waals surface area contributed by atoms with Gasteiger partial charge in [-0.1, -0.05) is 54.6 Å². The number of aliphatic carboxylic acids is 2. The molecule has 0 aliphatic carbocycles. The van der Waals surface area contributed by atoms with Gasteiger partial charge in [-0.15, -0.1) is 0 Å². The van der Waals surface area contributed by atoms with Gasteiger partial charge < -0.3 is 25.6 Å². The molecule has 0 amide bonds. The Bertz CT molecular complexity index is 1180. The van der Waals surface area contributed by atoms with Crippen LogP contribution in [0.2, 0.25) is 0 Å². The highest BCUT2D eigenvalue weighted by Crippen LogP contribution is 2.26. The molecule has 42 heavy (non-hydrogen) atoms. The maximum atomic E-state index is 13.4. The van der Waals surface area contributed by atoms with Gasteiger partial charge in [0, 0.05) is 32.7 Å². The summed E-state index contributed by atoms with van der Waals surface area (Å²) < 4.78 is 33.0. The maximum absolute atomic E-state index is 13.4. The minimum atomic E-state index is -1.29. The lowest BCUT2D eigenvalue weighted by Crippen LogP contribution is -2.47. The molecule has 1 aliphatic heterocycles. The highest BCUT2D eigenvalue weighted by Gasteiger charge is 2.19. The van der Waals surface area contributed by atoms with Gasteiger partial charge in [-0.25, -0.2) is 8.78 Å². The number of hydrogen-bond donors (Lipinski definition) is 3. The van der Waals surface area contributed by atoms with Crippen LogP contribution in [0.15, 0.2) is 78.9 Å². The van der Waals surface area contributed by atoms with E-state index in [4.69, 9.17) is 20.7 Å². The van der Waals surface area contributed by atoms with Gasteiger partial charge in [0.15, 0.2) is 0 Å². The number of aryl methyl sites for hydroxylation is 1. The van der Waals surface area contributed by atoms with Gasteiger partial charge in [-0.2, -0.15) is 0 Å². The van der Waals surface area contributed by atoms with Gasteiger partial charge in [-0.05, 0) is 60.3 Å². The van der Waals surface area contributed by atoms with Crippen molar-refractivity contribution in [1.29, 1.82) is 0 Å². The molecule has 10 heteroatoms.